The molecule has 0 saturated carbocycles. The molecule has 2 nitrogen and oxygen atoms in total. The fourth-order valence-electron chi connectivity index (χ4n) is 3.25. The summed E-state index contributed by atoms with van der Waals surface area (Å²) < 4.78 is 0. The number of nitrogens with zero attached hydrogens (tertiary/aromatic N) is 1. The Bertz CT molecular complexity index is 365. The van der Waals surface area contributed by atoms with E-state index in [4.69, 9.17) is 5.73 Å². The normalized spacial score (nSPS) is 25.3. The van der Waals surface area contributed by atoms with E-state index in [1.165, 1.54) is 37.2 Å². The first-order valence-corrected chi connectivity index (χ1v) is 7.18. The molecule has 2 rings (SSSR count). The molecule has 2 heteroatoms. The van der Waals surface area contributed by atoms with Gasteiger partial charge in [-0.3, -0.25) is 0 Å². The van der Waals surface area contributed by atoms with Crippen LogP contribution in [0.2, 0.25) is 0 Å². The summed E-state index contributed by atoms with van der Waals surface area (Å²) in [7, 11) is 0. The second kappa shape index (κ2) is 6.35. The lowest BCUT2D eigenvalue weighted by Crippen LogP contribution is -2.39. The largest absolute Gasteiger partial charge is 0.326 e. The van der Waals surface area contributed by atoms with Crippen molar-refractivity contribution in [2.75, 3.05) is 19.6 Å². The summed E-state index contributed by atoms with van der Waals surface area (Å²) in [6.45, 7) is 9.09. The lowest BCUT2D eigenvalue weighted by Gasteiger charge is -2.35. The molecule has 1 aliphatic heterocycles. The van der Waals surface area contributed by atoms with Crippen molar-refractivity contribution in [1.29, 1.82) is 0 Å². The quantitative estimate of drug-likeness (QED) is 0.885. The third-order valence-electron chi connectivity index (χ3n) is 3.98. The van der Waals surface area contributed by atoms with Gasteiger partial charge in [0, 0.05) is 26.2 Å². The Hall–Kier alpha value is -0.860. The molecule has 0 aliphatic carbocycles. The van der Waals surface area contributed by atoms with Gasteiger partial charge in [-0.2, -0.15) is 0 Å². The highest BCUT2D eigenvalue weighted by molar-refractivity contribution is 5.27. The maximum absolute atomic E-state index is 5.79. The Kier molecular flexibility index (Phi) is 4.79. The highest BCUT2D eigenvalue weighted by atomic mass is 15.1. The summed E-state index contributed by atoms with van der Waals surface area (Å²) in [4.78, 5) is 2.62. The zero-order valence-electron chi connectivity index (χ0n) is 11.7. The lowest BCUT2D eigenvalue weighted by atomic mass is 9.91. The molecule has 0 bridgehead atoms. The van der Waals surface area contributed by atoms with E-state index in [9.17, 15) is 0 Å². The Morgan fingerprint density at radius 2 is 1.72 bits per heavy atom. The van der Waals surface area contributed by atoms with Crippen molar-refractivity contribution in [3.63, 3.8) is 0 Å². The number of hydrogen-bond donors (Lipinski definition) is 1. The molecule has 1 heterocycles. The fraction of sp³-hybridized carbons (Fsp3) is 0.625. The molecule has 2 atom stereocenters. The van der Waals surface area contributed by atoms with Crippen LogP contribution in [0.25, 0.3) is 0 Å². The third kappa shape index (κ3) is 3.56. The number of nitrogens with two attached hydrogens (primary N) is 1. The van der Waals surface area contributed by atoms with Gasteiger partial charge in [-0.05, 0) is 35.8 Å². The van der Waals surface area contributed by atoms with Crippen LogP contribution in [0.15, 0.2) is 24.3 Å². The molecule has 1 aromatic rings. The van der Waals surface area contributed by atoms with Crippen LogP contribution < -0.4 is 5.73 Å². The zero-order chi connectivity index (χ0) is 13.0. The first-order valence-electron chi connectivity index (χ1n) is 7.18. The van der Waals surface area contributed by atoms with Crippen molar-refractivity contribution in [3.05, 3.63) is 35.4 Å². The molecule has 2 N–H and O–H groups in total. The number of benzene rings is 1. The maximum atomic E-state index is 5.79. The van der Waals surface area contributed by atoms with E-state index >= 15 is 0 Å². The highest BCUT2D eigenvalue weighted by Crippen LogP contribution is 2.21. The first-order chi connectivity index (χ1) is 8.69. The minimum absolute atomic E-state index is 0.656. The van der Waals surface area contributed by atoms with E-state index in [2.05, 4.69) is 43.0 Å². The minimum atomic E-state index is 0.656. The van der Waals surface area contributed by atoms with Gasteiger partial charge in [0.25, 0.3) is 0 Å². The van der Waals surface area contributed by atoms with Gasteiger partial charge in [0.1, 0.15) is 0 Å². The second-order valence-electron chi connectivity index (χ2n) is 5.93. The van der Waals surface area contributed by atoms with Gasteiger partial charge in [-0.15, -0.1) is 0 Å². The molecule has 100 valence electrons. The van der Waals surface area contributed by atoms with E-state index in [-0.39, 0.29) is 0 Å². The number of piperidine rings is 1. The number of hydrogen-bond acceptors (Lipinski definition) is 2. The van der Waals surface area contributed by atoms with Crippen molar-refractivity contribution in [2.45, 2.75) is 33.2 Å². The predicted molar refractivity (Wildman–Crippen MR) is 77.4 cm³/mol. The van der Waals surface area contributed by atoms with Crippen molar-refractivity contribution < 1.29 is 0 Å². The molecular formula is C16H26N2. The average Bonchev–Trinajstić information content (AvgIpc) is 2.35. The molecule has 1 aliphatic rings. The summed E-state index contributed by atoms with van der Waals surface area (Å²) in [5.41, 5.74) is 8.51. The topological polar surface area (TPSA) is 29.3 Å². The Labute approximate surface area is 111 Å². The highest BCUT2D eigenvalue weighted by Gasteiger charge is 2.21. The molecule has 1 saturated heterocycles. The van der Waals surface area contributed by atoms with E-state index in [1.807, 2.05) is 0 Å². The average molecular weight is 246 g/mol. The van der Waals surface area contributed by atoms with Crippen molar-refractivity contribution in [2.24, 2.45) is 17.6 Å². The fourth-order valence-corrected chi connectivity index (χ4v) is 3.25. The standard InChI is InChI=1S/C16H26N2/c1-13-9-14(2)12-18(11-13)8-7-15-5-3-4-6-16(15)10-17/h3-6,13-14H,7-12,17H2,1-2H3. The molecule has 0 amide bonds. The summed E-state index contributed by atoms with van der Waals surface area (Å²) in [6, 6.07) is 8.57. The van der Waals surface area contributed by atoms with Gasteiger partial charge in [-0.1, -0.05) is 38.1 Å². The van der Waals surface area contributed by atoms with Crippen LogP contribution >= 0.6 is 0 Å². The molecule has 0 aromatic heterocycles. The summed E-state index contributed by atoms with van der Waals surface area (Å²) >= 11 is 0. The van der Waals surface area contributed by atoms with E-state index < -0.39 is 0 Å². The predicted octanol–water partition coefficient (Wildman–Crippen LogP) is 2.67. The van der Waals surface area contributed by atoms with E-state index in [0.29, 0.717) is 6.54 Å². The van der Waals surface area contributed by atoms with Gasteiger partial charge in [0.2, 0.25) is 0 Å². The summed E-state index contributed by atoms with van der Waals surface area (Å²) in [5, 5.41) is 0. The number of likely N-dealkylation sites (tertiary alicyclic amines) is 1. The van der Waals surface area contributed by atoms with Crippen molar-refractivity contribution in [3.8, 4) is 0 Å². The minimum Gasteiger partial charge on any atom is -0.326 e. The van der Waals surface area contributed by atoms with Crippen LogP contribution in [0.3, 0.4) is 0 Å². The molecule has 0 spiro atoms. The molecule has 2 unspecified atom stereocenters. The Balaban J connectivity index is 1.91. The summed E-state index contributed by atoms with van der Waals surface area (Å²) in [5.74, 6) is 1.69. The van der Waals surface area contributed by atoms with Gasteiger partial charge in [0.15, 0.2) is 0 Å². The molecular weight excluding hydrogens is 220 g/mol. The van der Waals surface area contributed by atoms with Crippen LogP contribution in [0, 0.1) is 11.8 Å². The van der Waals surface area contributed by atoms with Gasteiger partial charge < -0.3 is 10.6 Å². The van der Waals surface area contributed by atoms with Crippen LogP contribution in [0.5, 0.6) is 0 Å². The first kappa shape index (κ1) is 13.6. The van der Waals surface area contributed by atoms with Gasteiger partial charge >= 0.3 is 0 Å². The van der Waals surface area contributed by atoms with Crippen molar-refractivity contribution in [1.82, 2.24) is 4.90 Å². The van der Waals surface area contributed by atoms with Crippen LogP contribution in [0.1, 0.15) is 31.4 Å². The van der Waals surface area contributed by atoms with E-state index in [1.54, 1.807) is 0 Å². The molecule has 0 radical (unpaired) electrons. The van der Waals surface area contributed by atoms with Gasteiger partial charge in [0.05, 0.1) is 0 Å². The third-order valence-corrected chi connectivity index (χ3v) is 3.98. The van der Waals surface area contributed by atoms with Crippen LogP contribution in [0.4, 0.5) is 0 Å². The van der Waals surface area contributed by atoms with Crippen LogP contribution in [-0.2, 0) is 13.0 Å². The Morgan fingerprint density at radius 3 is 2.33 bits per heavy atom. The Morgan fingerprint density at radius 1 is 1.11 bits per heavy atom. The second-order valence-corrected chi connectivity index (χ2v) is 5.93. The maximum Gasteiger partial charge on any atom is 0.0180 e. The summed E-state index contributed by atoms with van der Waals surface area (Å²) in [6.07, 6.45) is 2.52. The molecule has 1 fully saturated rings. The zero-order valence-corrected chi connectivity index (χ0v) is 11.7. The SMILES string of the molecule is CC1CC(C)CN(CCc2ccccc2CN)C1. The van der Waals surface area contributed by atoms with Crippen LogP contribution in [-0.4, -0.2) is 24.5 Å². The lowest BCUT2D eigenvalue weighted by molar-refractivity contribution is 0.142. The van der Waals surface area contributed by atoms with Gasteiger partial charge in [-0.25, -0.2) is 0 Å². The van der Waals surface area contributed by atoms with E-state index in [0.717, 1.165) is 18.3 Å². The van der Waals surface area contributed by atoms with Crippen molar-refractivity contribution >= 4 is 0 Å². The molecule has 18 heavy (non-hydrogen) atoms. The molecule has 1 aromatic carbocycles. The number of rotatable bonds is 4. The monoisotopic (exact) mass is 246 g/mol. The smallest absolute Gasteiger partial charge is 0.0180 e.